The maximum absolute atomic E-state index is 5.78. The minimum Gasteiger partial charge on any atom is -0.496 e. The van der Waals surface area contributed by atoms with Crippen LogP contribution in [0.4, 0.5) is 0 Å². The van der Waals surface area contributed by atoms with Gasteiger partial charge in [0.2, 0.25) is 0 Å². The van der Waals surface area contributed by atoms with Crippen LogP contribution in [0.2, 0.25) is 0 Å². The zero-order chi connectivity index (χ0) is 13.7. The van der Waals surface area contributed by atoms with E-state index in [2.05, 4.69) is 34.3 Å². The smallest absolute Gasteiger partial charge is 0.125 e. The first-order valence-corrected chi connectivity index (χ1v) is 7.84. The topological polar surface area (TPSA) is 18.5 Å². The van der Waals surface area contributed by atoms with Crippen molar-refractivity contribution >= 4 is 27.7 Å². The Hall–Kier alpha value is -1.13. The van der Waals surface area contributed by atoms with Crippen LogP contribution in [0.15, 0.2) is 51.8 Å². The molecule has 0 aromatic heterocycles. The van der Waals surface area contributed by atoms with Crippen molar-refractivity contribution in [1.82, 2.24) is 0 Å². The molecule has 2 aromatic rings. The van der Waals surface area contributed by atoms with Crippen molar-refractivity contribution in [3.63, 3.8) is 0 Å². The fraction of sp³-hybridized carbons (Fsp3) is 0.200. The molecule has 19 heavy (non-hydrogen) atoms. The summed E-state index contributed by atoms with van der Waals surface area (Å²) in [5, 5.41) is 0. The summed E-state index contributed by atoms with van der Waals surface area (Å²) < 4.78 is 12.1. The van der Waals surface area contributed by atoms with Crippen molar-refractivity contribution < 1.29 is 9.47 Å². The number of halogens is 1. The van der Waals surface area contributed by atoms with E-state index in [-0.39, 0.29) is 0 Å². The molecule has 0 heterocycles. The van der Waals surface area contributed by atoms with Crippen LogP contribution in [0, 0.1) is 0 Å². The second-order valence-corrected chi connectivity index (χ2v) is 5.72. The predicted octanol–water partition coefficient (Wildman–Crippen LogP) is 4.76. The number of methoxy groups -OCH3 is 1. The number of thioether (sulfide) groups is 1. The summed E-state index contributed by atoms with van der Waals surface area (Å²) >= 11 is 5.17. The van der Waals surface area contributed by atoms with Crippen molar-refractivity contribution in [2.45, 2.75) is 11.5 Å². The van der Waals surface area contributed by atoms with Gasteiger partial charge in [-0.05, 0) is 48.7 Å². The fourth-order valence-corrected chi connectivity index (χ4v) is 2.51. The molecule has 0 bridgehead atoms. The summed E-state index contributed by atoms with van der Waals surface area (Å²) in [6, 6.07) is 14.0. The summed E-state index contributed by atoms with van der Waals surface area (Å²) in [6.45, 7) is 0.487. The van der Waals surface area contributed by atoms with Gasteiger partial charge in [0.15, 0.2) is 0 Å². The van der Waals surface area contributed by atoms with Crippen molar-refractivity contribution in [2.75, 3.05) is 13.4 Å². The minimum atomic E-state index is 0.487. The van der Waals surface area contributed by atoms with Gasteiger partial charge < -0.3 is 9.47 Å². The fourth-order valence-electron chi connectivity index (χ4n) is 1.69. The van der Waals surface area contributed by atoms with E-state index in [1.54, 1.807) is 18.9 Å². The minimum absolute atomic E-state index is 0.487. The van der Waals surface area contributed by atoms with Gasteiger partial charge in [0.25, 0.3) is 0 Å². The van der Waals surface area contributed by atoms with Crippen LogP contribution in [0.1, 0.15) is 5.56 Å². The van der Waals surface area contributed by atoms with Crippen LogP contribution >= 0.6 is 27.7 Å². The van der Waals surface area contributed by atoms with Crippen LogP contribution in [-0.4, -0.2) is 13.4 Å². The molecule has 2 aromatic carbocycles. The van der Waals surface area contributed by atoms with Gasteiger partial charge >= 0.3 is 0 Å². The summed E-state index contributed by atoms with van der Waals surface area (Å²) in [6.07, 6.45) is 2.06. The van der Waals surface area contributed by atoms with Gasteiger partial charge in [0, 0.05) is 14.9 Å². The zero-order valence-corrected chi connectivity index (χ0v) is 13.3. The summed E-state index contributed by atoms with van der Waals surface area (Å²) in [4.78, 5) is 1.23. The molecule has 4 heteroatoms. The Kier molecular flexibility index (Phi) is 5.16. The van der Waals surface area contributed by atoms with Crippen molar-refractivity contribution in [3.05, 3.63) is 52.5 Å². The third kappa shape index (κ3) is 3.91. The predicted molar refractivity (Wildman–Crippen MR) is 83.2 cm³/mol. The molecule has 0 spiro atoms. The Morgan fingerprint density at radius 2 is 1.84 bits per heavy atom. The van der Waals surface area contributed by atoms with E-state index in [0.717, 1.165) is 21.5 Å². The first kappa shape index (κ1) is 14.3. The Morgan fingerprint density at radius 1 is 1.11 bits per heavy atom. The second kappa shape index (κ2) is 6.87. The molecule has 0 saturated heterocycles. The van der Waals surface area contributed by atoms with Gasteiger partial charge in [0.05, 0.1) is 7.11 Å². The number of rotatable bonds is 5. The number of ether oxygens (including phenoxy) is 2. The van der Waals surface area contributed by atoms with Gasteiger partial charge in [-0.1, -0.05) is 15.9 Å². The van der Waals surface area contributed by atoms with E-state index in [1.807, 2.05) is 30.3 Å². The maximum atomic E-state index is 5.78. The van der Waals surface area contributed by atoms with E-state index in [9.17, 15) is 0 Å². The summed E-state index contributed by atoms with van der Waals surface area (Å²) in [5.74, 6) is 1.70. The average molecular weight is 339 g/mol. The summed E-state index contributed by atoms with van der Waals surface area (Å²) in [7, 11) is 1.67. The van der Waals surface area contributed by atoms with Crippen molar-refractivity contribution in [1.29, 1.82) is 0 Å². The molecule has 2 rings (SSSR count). The Bertz CT molecular complexity index is 540. The zero-order valence-electron chi connectivity index (χ0n) is 10.9. The third-order valence-electron chi connectivity index (χ3n) is 2.70. The lowest BCUT2D eigenvalue weighted by atomic mass is 10.2. The van der Waals surface area contributed by atoms with E-state index < -0.39 is 0 Å². The van der Waals surface area contributed by atoms with E-state index >= 15 is 0 Å². The number of benzene rings is 2. The summed E-state index contributed by atoms with van der Waals surface area (Å²) in [5.41, 5.74) is 1.02. The molecule has 0 atom stereocenters. The van der Waals surface area contributed by atoms with Crippen LogP contribution < -0.4 is 9.47 Å². The van der Waals surface area contributed by atoms with Crippen molar-refractivity contribution in [3.8, 4) is 11.5 Å². The van der Waals surface area contributed by atoms with E-state index in [0.29, 0.717) is 6.61 Å². The highest BCUT2D eigenvalue weighted by atomic mass is 79.9. The van der Waals surface area contributed by atoms with Gasteiger partial charge in [-0.25, -0.2) is 0 Å². The second-order valence-electron chi connectivity index (χ2n) is 3.92. The molecule has 0 unspecified atom stereocenters. The Balaban J connectivity index is 2.07. The number of hydrogen-bond donors (Lipinski definition) is 0. The molecule has 0 fully saturated rings. The molecule has 0 saturated carbocycles. The van der Waals surface area contributed by atoms with Gasteiger partial charge in [-0.3, -0.25) is 0 Å². The maximum Gasteiger partial charge on any atom is 0.125 e. The molecule has 100 valence electrons. The highest BCUT2D eigenvalue weighted by Crippen LogP contribution is 2.25. The first-order valence-electron chi connectivity index (χ1n) is 5.82. The molecule has 0 aliphatic carbocycles. The molecule has 2 nitrogen and oxygen atoms in total. The lowest BCUT2D eigenvalue weighted by Gasteiger charge is -2.11. The highest BCUT2D eigenvalue weighted by molar-refractivity contribution is 9.10. The van der Waals surface area contributed by atoms with E-state index in [1.165, 1.54) is 4.90 Å². The Morgan fingerprint density at radius 3 is 2.47 bits per heavy atom. The molecular weight excluding hydrogens is 324 g/mol. The van der Waals surface area contributed by atoms with Crippen LogP contribution in [0.5, 0.6) is 11.5 Å². The molecule has 0 amide bonds. The average Bonchev–Trinajstić information content (AvgIpc) is 2.46. The lowest BCUT2D eigenvalue weighted by Crippen LogP contribution is -1.98. The SMILES string of the molecule is COc1ccc(Br)cc1COc1ccc(SC)cc1. The Labute approximate surface area is 126 Å². The molecule has 0 radical (unpaired) electrons. The van der Waals surface area contributed by atoms with Crippen LogP contribution in [0.25, 0.3) is 0 Å². The van der Waals surface area contributed by atoms with Crippen LogP contribution in [-0.2, 0) is 6.61 Å². The molecular formula is C15H15BrO2S. The van der Waals surface area contributed by atoms with Crippen molar-refractivity contribution in [2.24, 2.45) is 0 Å². The third-order valence-corrected chi connectivity index (χ3v) is 3.93. The van der Waals surface area contributed by atoms with E-state index in [4.69, 9.17) is 9.47 Å². The highest BCUT2D eigenvalue weighted by Gasteiger charge is 2.05. The van der Waals surface area contributed by atoms with Gasteiger partial charge in [-0.2, -0.15) is 0 Å². The molecule has 0 N–H and O–H groups in total. The normalized spacial score (nSPS) is 10.3. The van der Waals surface area contributed by atoms with Gasteiger partial charge in [0.1, 0.15) is 18.1 Å². The lowest BCUT2D eigenvalue weighted by molar-refractivity contribution is 0.296. The largest absolute Gasteiger partial charge is 0.496 e. The molecule has 0 aliphatic heterocycles. The quantitative estimate of drug-likeness (QED) is 0.732. The molecule has 0 aliphatic rings. The first-order chi connectivity index (χ1) is 9.22. The number of hydrogen-bond acceptors (Lipinski definition) is 3. The monoisotopic (exact) mass is 338 g/mol. The van der Waals surface area contributed by atoms with Crippen LogP contribution in [0.3, 0.4) is 0 Å². The van der Waals surface area contributed by atoms with Gasteiger partial charge in [-0.15, -0.1) is 11.8 Å². The standard InChI is InChI=1S/C15H15BrO2S/c1-17-15-8-3-12(16)9-11(15)10-18-13-4-6-14(19-2)7-5-13/h3-9H,10H2,1-2H3.